The Morgan fingerprint density at radius 3 is 3.12 bits per heavy atom. The van der Waals surface area contributed by atoms with Crippen LogP contribution >= 0.6 is 15.9 Å². The molecule has 1 atom stereocenters. The Kier molecular flexibility index (Phi) is 1.36. The van der Waals surface area contributed by atoms with Crippen LogP contribution in [0.5, 0.6) is 0 Å². The van der Waals surface area contributed by atoms with Crippen LogP contribution in [0.4, 0.5) is 0 Å². The van der Waals surface area contributed by atoms with Crippen LogP contribution in [-0.2, 0) is 7.05 Å². The van der Waals surface area contributed by atoms with E-state index in [2.05, 4.69) is 20.9 Å². The van der Waals surface area contributed by atoms with E-state index in [-0.39, 0.29) is 5.91 Å². The number of carbonyl (C=O) groups is 1. The van der Waals surface area contributed by atoms with Crippen molar-refractivity contribution >= 4 is 32.9 Å². The van der Waals surface area contributed by atoms with Gasteiger partial charge >= 0.3 is 0 Å². The van der Waals surface area contributed by atoms with Crippen molar-refractivity contribution in [2.24, 2.45) is 7.05 Å². The van der Waals surface area contributed by atoms with E-state index in [0.717, 1.165) is 33.4 Å². The minimum Gasteiger partial charge on any atom is -0.330 e. The second kappa shape index (κ2) is 2.48. The van der Waals surface area contributed by atoms with Crippen LogP contribution in [0.1, 0.15) is 22.1 Å². The summed E-state index contributed by atoms with van der Waals surface area (Å²) in [6.45, 7) is 0.872. The van der Waals surface area contributed by atoms with Crippen LogP contribution in [0.2, 0.25) is 0 Å². The van der Waals surface area contributed by atoms with Gasteiger partial charge in [-0.25, -0.2) is 4.98 Å². The van der Waals surface area contributed by atoms with E-state index in [9.17, 15) is 4.79 Å². The zero-order chi connectivity index (χ0) is 11.0. The number of halogens is 1. The molecule has 0 radical (unpaired) electrons. The van der Waals surface area contributed by atoms with Gasteiger partial charge in [0, 0.05) is 19.0 Å². The molecule has 2 aromatic rings. The van der Waals surface area contributed by atoms with Crippen molar-refractivity contribution in [2.45, 2.75) is 6.04 Å². The first-order valence-corrected chi connectivity index (χ1v) is 5.93. The molecule has 1 amide bonds. The number of pyridine rings is 1. The molecule has 0 spiro atoms. The van der Waals surface area contributed by atoms with E-state index >= 15 is 0 Å². The van der Waals surface area contributed by atoms with Gasteiger partial charge in [-0.3, -0.25) is 4.79 Å². The summed E-state index contributed by atoms with van der Waals surface area (Å²) in [6.07, 6.45) is 0. The number of nitrogens with zero attached hydrogens (tertiary/aromatic N) is 3. The van der Waals surface area contributed by atoms with E-state index in [1.54, 1.807) is 0 Å². The van der Waals surface area contributed by atoms with Crippen molar-refractivity contribution < 1.29 is 4.79 Å². The first-order chi connectivity index (χ1) is 7.68. The molecule has 0 aromatic carbocycles. The minimum absolute atomic E-state index is 0.162. The maximum absolute atomic E-state index is 12.0. The molecule has 1 unspecified atom stereocenters. The molecule has 4 nitrogen and oxygen atoms in total. The van der Waals surface area contributed by atoms with Gasteiger partial charge in [-0.2, -0.15) is 0 Å². The van der Waals surface area contributed by atoms with E-state index in [4.69, 9.17) is 0 Å². The lowest BCUT2D eigenvalue weighted by Gasteiger charge is -1.99. The first kappa shape index (κ1) is 8.75. The molecule has 4 heterocycles. The summed E-state index contributed by atoms with van der Waals surface area (Å²) < 4.78 is 2.85. The number of fused-ring (bicyclic) bond motifs is 5. The summed E-state index contributed by atoms with van der Waals surface area (Å²) in [4.78, 5) is 18.4. The standard InChI is InChI=1S/C11H8BrN3O/c1-14-9-6-4-15(6)11(16)8(9)5-2-3-7(12)13-10(5)14/h2-3,6H,4H2,1H3. The molecule has 0 aliphatic carbocycles. The minimum atomic E-state index is 0.162. The fourth-order valence-corrected chi connectivity index (χ4v) is 2.95. The molecule has 16 heavy (non-hydrogen) atoms. The maximum atomic E-state index is 12.0. The molecular weight excluding hydrogens is 270 g/mol. The van der Waals surface area contributed by atoms with Crippen molar-refractivity contribution in [2.75, 3.05) is 6.54 Å². The molecule has 2 aromatic heterocycles. The Labute approximate surface area is 100.0 Å². The van der Waals surface area contributed by atoms with Gasteiger partial charge in [-0.15, -0.1) is 0 Å². The van der Waals surface area contributed by atoms with Gasteiger partial charge in [-0.05, 0) is 28.1 Å². The van der Waals surface area contributed by atoms with Gasteiger partial charge in [-0.1, -0.05) is 0 Å². The molecular formula is C11H8BrN3O. The molecule has 2 aliphatic heterocycles. The first-order valence-electron chi connectivity index (χ1n) is 5.14. The zero-order valence-electron chi connectivity index (χ0n) is 8.57. The average Bonchev–Trinajstić information content (AvgIpc) is 2.93. The van der Waals surface area contributed by atoms with Gasteiger partial charge < -0.3 is 9.47 Å². The van der Waals surface area contributed by atoms with E-state index in [1.807, 2.05) is 28.6 Å². The quantitative estimate of drug-likeness (QED) is 0.545. The van der Waals surface area contributed by atoms with E-state index < -0.39 is 0 Å². The Bertz CT molecular complexity index is 661. The lowest BCUT2D eigenvalue weighted by Crippen LogP contribution is -2.05. The number of hydrogen-bond donors (Lipinski definition) is 0. The number of hydrogen-bond acceptors (Lipinski definition) is 2. The summed E-state index contributed by atoms with van der Waals surface area (Å²) in [5.41, 5.74) is 2.87. The number of aryl methyl sites for hydroxylation is 1. The molecule has 4 rings (SSSR count). The summed E-state index contributed by atoms with van der Waals surface area (Å²) in [5, 5.41) is 0.970. The normalized spacial score (nSPS) is 21.5. The third-order valence-corrected chi connectivity index (χ3v) is 3.89. The fourth-order valence-electron chi connectivity index (χ4n) is 2.65. The molecule has 0 N–H and O–H groups in total. The van der Waals surface area contributed by atoms with Crippen molar-refractivity contribution in [1.29, 1.82) is 0 Å². The van der Waals surface area contributed by atoms with Crippen molar-refractivity contribution in [3.63, 3.8) is 0 Å². The van der Waals surface area contributed by atoms with E-state index in [0.29, 0.717) is 6.04 Å². The van der Waals surface area contributed by atoms with Crippen molar-refractivity contribution in [3.8, 4) is 0 Å². The number of rotatable bonds is 0. The Morgan fingerprint density at radius 1 is 1.50 bits per heavy atom. The monoisotopic (exact) mass is 277 g/mol. The second-order valence-corrected chi connectivity index (χ2v) is 5.11. The van der Waals surface area contributed by atoms with Gasteiger partial charge in [0.25, 0.3) is 5.91 Å². The summed E-state index contributed by atoms with van der Waals surface area (Å²) in [5.74, 6) is 0.162. The molecule has 1 saturated heterocycles. The van der Waals surface area contributed by atoms with Gasteiger partial charge in [0.1, 0.15) is 10.3 Å². The van der Waals surface area contributed by atoms with Crippen LogP contribution in [-0.4, -0.2) is 26.9 Å². The van der Waals surface area contributed by atoms with Gasteiger partial charge in [0.05, 0.1) is 17.3 Å². The van der Waals surface area contributed by atoms with Crippen LogP contribution < -0.4 is 0 Å². The Balaban J connectivity index is 2.18. The zero-order valence-corrected chi connectivity index (χ0v) is 10.2. The topological polar surface area (TPSA) is 37.9 Å². The predicted octanol–water partition coefficient (Wildman–Crippen LogP) is 1.85. The highest BCUT2D eigenvalue weighted by Crippen LogP contribution is 2.48. The van der Waals surface area contributed by atoms with Gasteiger partial charge in [0.15, 0.2) is 0 Å². The highest BCUT2D eigenvalue weighted by atomic mass is 79.9. The van der Waals surface area contributed by atoms with Crippen molar-refractivity contribution in [1.82, 2.24) is 14.5 Å². The maximum Gasteiger partial charge on any atom is 0.257 e. The van der Waals surface area contributed by atoms with Crippen LogP contribution in [0.15, 0.2) is 16.7 Å². The second-order valence-electron chi connectivity index (χ2n) is 4.30. The SMILES string of the molecule is Cn1c2c(c3ccc(Br)nc31)C(=O)N1CC21. The smallest absolute Gasteiger partial charge is 0.257 e. The lowest BCUT2D eigenvalue weighted by molar-refractivity contribution is 0.0891. The molecule has 1 fully saturated rings. The summed E-state index contributed by atoms with van der Waals surface area (Å²) in [7, 11) is 1.98. The molecule has 80 valence electrons. The third kappa shape index (κ3) is 0.822. The number of amides is 1. The van der Waals surface area contributed by atoms with E-state index in [1.165, 1.54) is 0 Å². The average molecular weight is 278 g/mol. The molecule has 0 bridgehead atoms. The third-order valence-electron chi connectivity index (χ3n) is 3.45. The molecule has 2 aliphatic rings. The number of carbonyl (C=O) groups excluding carboxylic acids is 1. The number of aromatic nitrogens is 2. The highest BCUT2D eigenvalue weighted by Gasteiger charge is 2.51. The molecule has 5 heteroatoms. The summed E-state index contributed by atoms with van der Waals surface area (Å²) >= 11 is 3.36. The molecule has 0 saturated carbocycles. The van der Waals surface area contributed by atoms with Gasteiger partial charge in [0.2, 0.25) is 0 Å². The lowest BCUT2D eigenvalue weighted by atomic mass is 10.1. The Morgan fingerprint density at radius 2 is 2.31 bits per heavy atom. The fraction of sp³-hybridized carbons (Fsp3) is 0.273. The summed E-state index contributed by atoms with van der Waals surface area (Å²) in [6, 6.07) is 4.16. The van der Waals surface area contributed by atoms with Crippen molar-refractivity contribution in [3.05, 3.63) is 28.0 Å². The highest BCUT2D eigenvalue weighted by molar-refractivity contribution is 9.10. The van der Waals surface area contributed by atoms with Crippen LogP contribution in [0, 0.1) is 0 Å². The largest absolute Gasteiger partial charge is 0.330 e. The Hall–Kier alpha value is -1.36. The van der Waals surface area contributed by atoms with Crippen LogP contribution in [0.3, 0.4) is 0 Å². The van der Waals surface area contributed by atoms with Crippen LogP contribution in [0.25, 0.3) is 11.0 Å². The predicted molar refractivity (Wildman–Crippen MR) is 62.2 cm³/mol.